The number of hydrogen-bond donors (Lipinski definition) is 1. The Morgan fingerprint density at radius 3 is 2.79 bits per heavy atom. The van der Waals surface area contributed by atoms with Crippen molar-refractivity contribution in [3.8, 4) is 0 Å². The summed E-state index contributed by atoms with van der Waals surface area (Å²) in [6.07, 6.45) is 1.72. The molecule has 0 radical (unpaired) electrons. The molecular weight excluding hydrogens is 196 g/mol. The summed E-state index contributed by atoms with van der Waals surface area (Å²) in [5, 5.41) is 5.85. The van der Waals surface area contributed by atoms with Gasteiger partial charge in [-0.15, -0.1) is 0 Å². The standard InChI is InChI=1S/C9H12N4S/c1-7(12-13(2)9(10)14)8-5-3-4-6-11-8/h3-6H,1-2H3,(H2,10,14)/b12-7+. The van der Waals surface area contributed by atoms with Crippen LogP contribution in [0.4, 0.5) is 0 Å². The van der Waals surface area contributed by atoms with Gasteiger partial charge < -0.3 is 5.73 Å². The first-order valence-corrected chi connectivity index (χ1v) is 4.52. The van der Waals surface area contributed by atoms with E-state index in [0.29, 0.717) is 0 Å². The molecule has 4 nitrogen and oxygen atoms in total. The molecule has 0 aliphatic heterocycles. The van der Waals surface area contributed by atoms with Crippen LogP contribution in [-0.4, -0.2) is 27.9 Å². The highest BCUT2D eigenvalue weighted by molar-refractivity contribution is 7.80. The number of hydrazone groups is 1. The van der Waals surface area contributed by atoms with E-state index in [4.69, 9.17) is 18.0 Å². The van der Waals surface area contributed by atoms with E-state index in [1.54, 1.807) is 13.2 Å². The molecule has 2 N–H and O–H groups in total. The summed E-state index contributed by atoms with van der Waals surface area (Å²) in [6, 6.07) is 5.64. The number of nitrogens with zero attached hydrogens (tertiary/aromatic N) is 3. The van der Waals surface area contributed by atoms with Gasteiger partial charge in [0.25, 0.3) is 0 Å². The summed E-state index contributed by atoms with van der Waals surface area (Å²) >= 11 is 4.76. The average molecular weight is 208 g/mol. The largest absolute Gasteiger partial charge is 0.375 e. The van der Waals surface area contributed by atoms with E-state index in [9.17, 15) is 0 Å². The van der Waals surface area contributed by atoms with Crippen LogP contribution in [0.2, 0.25) is 0 Å². The van der Waals surface area contributed by atoms with Gasteiger partial charge in [0.2, 0.25) is 0 Å². The predicted molar refractivity (Wildman–Crippen MR) is 61.0 cm³/mol. The van der Waals surface area contributed by atoms with Crippen LogP contribution in [0.5, 0.6) is 0 Å². The van der Waals surface area contributed by atoms with E-state index >= 15 is 0 Å². The van der Waals surface area contributed by atoms with E-state index in [0.717, 1.165) is 11.4 Å². The molecule has 1 aromatic rings. The van der Waals surface area contributed by atoms with Crippen molar-refractivity contribution in [2.24, 2.45) is 10.8 Å². The number of aromatic nitrogens is 1. The zero-order valence-corrected chi connectivity index (χ0v) is 8.95. The van der Waals surface area contributed by atoms with Crippen molar-refractivity contribution in [3.05, 3.63) is 30.1 Å². The molecule has 0 amide bonds. The average Bonchev–Trinajstić information content (AvgIpc) is 2.19. The molecule has 0 aliphatic rings. The fourth-order valence-corrected chi connectivity index (χ4v) is 0.943. The van der Waals surface area contributed by atoms with Gasteiger partial charge in [0.05, 0.1) is 11.4 Å². The summed E-state index contributed by atoms with van der Waals surface area (Å²) in [7, 11) is 1.70. The predicted octanol–water partition coefficient (Wildman–Crippen LogP) is 0.981. The Morgan fingerprint density at radius 2 is 2.29 bits per heavy atom. The molecule has 0 aromatic carbocycles. The smallest absolute Gasteiger partial charge is 0.186 e. The number of pyridine rings is 1. The highest BCUT2D eigenvalue weighted by atomic mass is 32.1. The second kappa shape index (κ2) is 4.66. The number of thiocarbonyl (C=S) groups is 1. The Kier molecular flexibility index (Phi) is 3.53. The highest BCUT2D eigenvalue weighted by Crippen LogP contribution is 1.97. The third-order valence-corrected chi connectivity index (χ3v) is 1.92. The van der Waals surface area contributed by atoms with Gasteiger partial charge in [-0.25, -0.2) is 5.01 Å². The van der Waals surface area contributed by atoms with Crippen LogP contribution in [0.25, 0.3) is 0 Å². The van der Waals surface area contributed by atoms with Crippen molar-refractivity contribution in [1.82, 2.24) is 9.99 Å². The Balaban J connectivity index is 2.85. The van der Waals surface area contributed by atoms with Gasteiger partial charge in [0, 0.05) is 13.2 Å². The topological polar surface area (TPSA) is 54.5 Å². The zero-order valence-electron chi connectivity index (χ0n) is 8.14. The zero-order chi connectivity index (χ0) is 10.6. The quantitative estimate of drug-likeness (QED) is 0.447. The van der Waals surface area contributed by atoms with Crippen molar-refractivity contribution >= 4 is 23.0 Å². The number of hydrogen-bond acceptors (Lipinski definition) is 3. The normalized spacial score (nSPS) is 11.1. The van der Waals surface area contributed by atoms with E-state index in [1.165, 1.54) is 5.01 Å². The Labute approximate surface area is 88.4 Å². The van der Waals surface area contributed by atoms with Crippen molar-refractivity contribution in [2.75, 3.05) is 7.05 Å². The first kappa shape index (κ1) is 10.6. The minimum atomic E-state index is 0.236. The summed E-state index contributed by atoms with van der Waals surface area (Å²) in [4.78, 5) is 4.15. The van der Waals surface area contributed by atoms with Gasteiger partial charge in [0.1, 0.15) is 0 Å². The fraction of sp³-hybridized carbons (Fsp3) is 0.222. The van der Waals surface area contributed by atoms with Crippen molar-refractivity contribution in [1.29, 1.82) is 0 Å². The maximum absolute atomic E-state index is 5.39. The minimum absolute atomic E-state index is 0.236. The minimum Gasteiger partial charge on any atom is -0.375 e. The van der Waals surface area contributed by atoms with Crippen LogP contribution in [0.1, 0.15) is 12.6 Å². The van der Waals surface area contributed by atoms with E-state index in [-0.39, 0.29) is 5.11 Å². The van der Waals surface area contributed by atoms with Gasteiger partial charge >= 0.3 is 0 Å². The Hall–Kier alpha value is -1.49. The molecule has 0 atom stereocenters. The summed E-state index contributed by atoms with van der Waals surface area (Å²) in [6.45, 7) is 1.86. The second-order valence-electron chi connectivity index (χ2n) is 2.76. The van der Waals surface area contributed by atoms with E-state index in [1.807, 2.05) is 25.1 Å². The monoisotopic (exact) mass is 208 g/mol. The molecule has 0 saturated carbocycles. The van der Waals surface area contributed by atoms with Crippen LogP contribution in [0, 0.1) is 0 Å². The van der Waals surface area contributed by atoms with Crippen LogP contribution >= 0.6 is 12.2 Å². The molecule has 0 unspecified atom stereocenters. The Bertz CT molecular complexity index is 347. The molecule has 5 heteroatoms. The lowest BCUT2D eigenvalue weighted by Crippen LogP contribution is -2.28. The number of rotatable bonds is 2. The molecule has 1 aromatic heterocycles. The third-order valence-electron chi connectivity index (χ3n) is 1.65. The third kappa shape index (κ3) is 2.77. The molecule has 1 rings (SSSR count). The van der Waals surface area contributed by atoms with E-state index in [2.05, 4.69) is 10.1 Å². The maximum atomic E-state index is 5.39. The highest BCUT2D eigenvalue weighted by Gasteiger charge is 2.00. The molecule has 14 heavy (non-hydrogen) atoms. The van der Waals surface area contributed by atoms with Gasteiger partial charge in [-0.2, -0.15) is 5.10 Å². The van der Waals surface area contributed by atoms with Crippen LogP contribution in [0.3, 0.4) is 0 Å². The van der Waals surface area contributed by atoms with Gasteiger partial charge in [-0.3, -0.25) is 4.98 Å². The molecule has 1 heterocycles. The Morgan fingerprint density at radius 1 is 1.57 bits per heavy atom. The number of nitrogens with two attached hydrogens (primary N) is 1. The first-order chi connectivity index (χ1) is 6.61. The molecule has 0 saturated heterocycles. The molecule has 74 valence electrons. The fourth-order valence-electron chi connectivity index (χ4n) is 0.902. The first-order valence-electron chi connectivity index (χ1n) is 4.11. The lowest BCUT2D eigenvalue weighted by Gasteiger charge is -2.10. The molecule has 0 spiro atoms. The SMILES string of the molecule is C/C(=N\N(C)C(N)=S)c1ccccn1. The van der Waals surface area contributed by atoms with Crippen LogP contribution in [0.15, 0.2) is 29.5 Å². The molecular formula is C9H12N4S. The molecule has 0 bridgehead atoms. The van der Waals surface area contributed by atoms with E-state index < -0.39 is 0 Å². The van der Waals surface area contributed by atoms with Gasteiger partial charge in [-0.05, 0) is 31.3 Å². The van der Waals surface area contributed by atoms with Crippen molar-refractivity contribution in [3.63, 3.8) is 0 Å². The van der Waals surface area contributed by atoms with Gasteiger partial charge in [0.15, 0.2) is 5.11 Å². The maximum Gasteiger partial charge on any atom is 0.186 e. The molecule has 0 aliphatic carbocycles. The summed E-state index contributed by atoms with van der Waals surface area (Å²) < 4.78 is 0. The van der Waals surface area contributed by atoms with Gasteiger partial charge in [-0.1, -0.05) is 6.07 Å². The molecule has 0 fully saturated rings. The lowest BCUT2D eigenvalue weighted by atomic mass is 10.3. The van der Waals surface area contributed by atoms with Crippen LogP contribution < -0.4 is 5.73 Å². The van der Waals surface area contributed by atoms with Crippen molar-refractivity contribution in [2.45, 2.75) is 6.92 Å². The van der Waals surface area contributed by atoms with Crippen LogP contribution in [-0.2, 0) is 0 Å². The summed E-state index contributed by atoms with van der Waals surface area (Å²) in [5.41, 5.74) is 6.99. The summed E-state index contributed by atoms with van der Waals surface area (Å²) in [5.74, 6) is 0. The van der Waals surface area contributed by atoms with Crippen molar-refractivity contribution < 1.29 is 0 Å². The lowest BCUT2D eigenvalue weighted by molar-refractivity contribution is 0.548. The second-order valence-corrected chi connectivity index (χ2v) is 3.18.